The molecule has 1 aliphatic rings. The molecule has 3 heterocycles. The summed E-state index contributed by atoms with van der Waals surface area (Å²) in [6.07, 6.45) is 4.20. The number of carbonyl (C=O) groups is 1. The van der Waals surface area contributed by atoms with Crippen LogP contribution in [-0.4, -0.2) is 64.1 Å². The van der Waals surface area contributed by atoms with E-state index in [0.29, 0.717) is 19.0 Å². The molecule has 0 bridgehead atoms. The maximum atomic E-state index is 12.2. The first-order valence-electron chi connectivity index (χ1n) is 7.55. The Morgan fingerprint density at radius 2 is 2.26 bits per heavy atom. The summed E-state index contributed by atoms with van der Waals surface area (Å²) in [6, 6.07) is 5.47. The first-order chi connectivity index (χ1) is 11.1. The van der Waals surface area contributed by atoms with Gasteiger partial charge in [0.2, 0.25) is 11.8 Å². The van der Waals surface area contributed by atoms with E-state index in [1.165, 1.54) is 0 Å². The summed E-state index contributed by atoms with van der Waals surface area (Å²) in [7, 11) is 3.81. The highest BCUT2D eigenvalue weighted by atomic mass is 16.5. The van der Waals surface area contributed by atoms with Crippen LogP contribution in [0.25, 0.3) is 0 Å². The Hall–Kier alpha value is -2.64. The van der Waals surface area contributed by atoms with E-state index in [0.717, 1.165) is 12.2 Å². The third-order valence-electron chi connectivity index (χ3n) is 3.73. The summed E-state index contributed by atoms with van der Waals surface area (Å²) in [4.78, 5) is 15.9. The van der Waals surface area contributed by atoms with Crippen LogP contribution in [0.2, 0.25) is 0 Å². The van der Waals surface area contributed by atoms with E-state index in [1.807, 2.05) is 25.1 Å². The predicted molar refractivity (Wildman–Crippen MR) is 84.2 cm³/mol. The highest BCUT2D eigenvalue weighted by Crippen LogP contribution is 2.17. The van der Waals surface area contributed by atoms with Crippen molar-refractivity contribution in [2.75, 3.05) is 32.1 Å². The van der Waals surface area contributed by atoms with Gasteiger partial charge in [-0.1, -0.05) is 0 Å². The fourth-order valence-corrected chi connectivity index (χ4v) is 2.47. The molecule has 8 nitrogen and oxygen atoms in total. The standard InChI is InChI=1S/C15H20N6O2/c1-19(2)13-4-5-14(18-17-13)23-12-6-9-20(10-12)15(22)11-21-8-3-7-16-21/h3-5,7-8,12H,6,9-11H2,1-2H3/t12-/m0/s1. The van der Waals surface area contributed by atoms with E-state index in [2.05, 4.69) is 15.3 Å². The maximum Gasteiger partial charge on any atom is 0.244 e. The Kier molecular flexibility index (Phi) is 4.40. The summed E-state index contributed by atoms with van der Waals surface area (Å²) in [5.74, 6) is 1.32. The third-order valence-corrected chi connectivity index (χ3v) is 3.73. The van der Waals surface area contributed by atoms with E-state index in [4.69, 9.17) is 4.74 Å². The van der Waals surface area contributed by atoms with E-state index in [1.54, 1.807) is 34.1 Å². The number of aromatic nitrogens is 4. The van der Waals surface area contributed by atoms with Crippen molar-refractivity contribution in [2.45, 2.75) is 19.1 Å². The highest BCUT2D eigenvalue weighted by Gasteiger charge is 2.28. The van der Waals surface area contributed by atoms with Crippen LogP contribution < -0.4 is 9.64 Å². The number of carbonyl (C=O) groups excluding carboxylic acids is 1. The first kappa shape index (κ1) is 15.3. The molecule has 8 heteroatoms. The molecular formula is C15H20N6O2. The van der Waals surface area contributed by atoms with Crippen molar-refractivity contribution in [3.05, 3.63) is 30.6 Å². The van der Waals surface area contributed by atoms with Crippen LogP contribution in [0.1, 0.15) is 6.42 Å². The van der Waals surface area contributed by atoms with Gasteiger partial charge >= 0.3 is 0 Å². The largest absolute Gasteiger partial charge is 0.471 e. The Bertz CT molecular complexity index is 640. The van der Waals surface area contributed by atoms with Crippen LogP contribution in [-0.2, 0) is 11.3 Å². The molecule has 1 fully saturated rings. The van der Waals surface area contributed by atoms with Crippen molar-refractivity contribution in [2.24, 2.45) is 0 Å². The normalized spacial score (nSPS) is 17.3. The Labute approximate surface area is 134 Å². The van der Waals surface area contributed by atoms with Gasteiger partial charge in [-0.25, -0.2) is 0 Å². The van der Waals surface area contributed by atoms with Crippen LogP contribution in [0, 0.1) is 0 Å². The quantitative estimate of drug-likeness (QED) is 0.796. The zero-order chi connectivity index (χ0) is 16.2. The second-order valence-electron chi connectivity index (χ2n) is 5.70. The fourth-order valence-electron chi connectivity index (χ4n) is 2.47. The second-order valence-corrected chi connectivity index (χ2v) is 5.70. The third kappa shape index (κ3) is 3.77. The van der Waals surface area contributed by atoms with Crippen LogP contribution >= 0.6 is 0 Å². The molecule has 1 atom stereocenters. The van der Waals surface area contributed by atoms with E-state index in [9.17, 15) is 4.79 Å². The minimum atomic E-state index is -0.0453. The Balaban J connectivity index is 1.52. The van der Waals surface area contributed by atoms with E-state index >= 15 is 0 Å². The average molecular weight is 316 g/mol. The average Bonchev–Trinajstić information content (AvgIpc) is 3.19. The van der Waals surface area contributed by atoms with Gasteiger partial charge in [-0.3, -0.25) is 9.48 Å². The number of hydrogen-bond acceptors (Lipinski definition) is 6. The lowest BCUT2D eigenvalue weighted by atomic mass is 10.3. The van der Waals surface area contributed by atoms with Gasteiger partial charge in [0.05, 0.1) is 6.54 Å². The van der Waals surface area contributed by atoms with Gasteiger partial charge in [-0.15, -0.1) is 10.2 Å². The van der Waals surface area contributed by atoms with Gasteiger partial charge < -0.3 is 14.5 Å². The SMILES string of the molecule is CN(C)c1ccc(O[C@H]2CCN(C(=O)Cn3cccn3)C2)nn1. The van der Waals surface area contributed by atoms with Gasteiger partial charge in [-0.2, -0.15) is 5.10 Å². The number of anilines is 1. The highest BCUT2D eigenvalue weighted by molar-refractivity contribution is 5.76. The molecule has 0 N–H and O–H groups in total. The van der Waals surface area contributed by atoms with Crippen LogP contribution in [0.15, 0.2) is 30.6 Å². The summed E-state index contributed by atoms with van der Waals surface area (Å²) in [5.41, 5.74) is 0. The molecule has 0 radical (unpaired) electrons. The number of likely N-dealkylation sites (tertiary alicyclic amines) is 1. The van der Waals surface area contributed by atoms with E-state index < -0.39 is 0 Å². The van der Waals surface area contributed by atoms with Crippen molar-refractivity contribution >= 4 is 11.7 Å². The molecule has 0 saturated carbocycles. The molecular weight excluding hydrogens is 296 g/mol. The lowest BCUT2D eigenvalue weighted by Gasteiger charge is -2.17. The Morgan fingerprint density at radius 1 is 1.39 bits per heavy atom. The molecule has 0 unspecified atom stereocenters. The van der Waals surface area contributed by atoms with Crippen molar-refractivity contribution in [3.63, 3.8) is 0 Å². The number of rotatable bonds is 5. The number of hydrogen-bond donors (Lipinski definition) is 0. The molecule has 2 aromatic rings. The van der Waals surface area contributed by atoms with E-state index in [-0.39, 0.29) is 18.6 Å². The van der Waals surface area contributed by atoms with Crippen LogP contribution in [0.5, 0.6) is 5.88 Å². The summed E-state index contributed by atoms with van der Waals surface area (Å²) in [6.45, 7) is 1.52. The topological polar surface area (TPSA) is 76.4 Å². The molecule has 1 amide bonds. The second kappa shape index (κ2) is 6.64. The first-order valence-corrected chi connectivity index (χ1v) is 7.55. The molecule has 122 valence electrons. The molecule has 1 aliphatic heterocycles. The molecule has 2 aromatic heterocycles. The molecule has 3 rings (SSSR count). The van der Waals surface area contributed by atoms with Gasteiger partial charge in [-0.05, 0) is 12.1 Å². The van der Waals surface area contributed by atoms with Crippen molar-refractivity contribution in [1.82, 2.24) is 24.9 Å². The molecule has 0 aromatic carbocycles. The van der Waals surface area contributed by atoms with Crippen molar-refractivity contribution in [3.8, 4) is 5.88 Å². The van der Waals surface area contributed by atoms with Gasteiger partial charge in [0.15, 0.2) is 5.82 Å². The zero-order valence-corrected chi connectivity index (χ0v) is 13.3. The van der Waals surface area contributed by atoms with Crippen LogP contribution in [0.4, 0.5) is 5.82 Å². The van der Waals surface area contributed by atoms with Crippen molar-refractivity contribution in [1.29, 1.82) is 0 Å². The predicted octanol–water partition coefficient (Wildman–Crippen LogP) is 0.419. The Morgan fingerprint density at radius 3 is 2.91 bits per heavy atom. The summed E-state index contributed by atoms with van der Waals surface area (Å²) >= 11 is 0. The zero-order valence-electron chi connectivity index (χ0n) is 13.3. The minimum absolute atomic E-state index is 0.0453. The molecule has 1 saturated heterocycles. The molecule has 23 heavy (non-hydrogen) atoms. The fraction of sp³-hybridized carbons (Fsp3) is 0.467. The van der Waals surface area contributed by atoms with Crippen molar-refractivity contribution < 1.29 is 9.53 Å². The lowest BCUT2D eigenvalue weighted by molar-refractivity contribution is -0.131. The van der Waals surface area contributed by atoms with Gasteiger partial charge in [0.1, 0.15) is 12.6 Å². The summed E-state index contributed by atoms with van der Waals surface area (Å²) in [5, 5.41) is 12.2. The maximum absolute atomic E-state index is 12.2. The number of amides is 1. The van der Waals surface area contributed by atoms with Gasteiger partial charge in [0, 0.05) is 45.5 Å². The minimum Gasteiger partial charge on any atom is -0.471 e. The smallest absolute Gasteiger partial charge is 0.244 e. The van der Waals surface area contributed by atoms with Crippen LogP contribution in [0.3, 0.4) is 0 Å². The number of ether oxygens (including phenoxy) is 1. The molecule has 0 spiro atoms. The molecule has 0 aliphatic carbocycles. The van der Waals surface area contributed by atoms with Gasteiger partial charge in [0.25, 0.3) is 0 Å². The summed E-state index contributed by atoms with van der Waals surface area (Å²) < 4.78 is 7.44. The monoisotopic (exact) mass is 316 g/mol. The lowest BCUT2D eigenvalue weighted by Crippen LogP contribution is -2.33. The number of nitrogens with zero attached hydrogens (tertiary/aromatic N) is 6.